The van der Waals surface area contributed by atoms with Crippen molar-refractivity contribution in [3.8, 4) is 0 Å². The predicted octanol–water partition coefficient (Wildman–Crippen LogP) is 2.73. The number of aliphatic hydroxyl groups excluding tert-OH is 1. The number of hydrogen-bond donors (Lipinski definition) is 2. The first-order chi connectivity index (χ1) is 14.3. The summed E-state index contributed by atoms with van der Waals surface area (Å²) in [5.74, 6) is -0.271. The lowest BCUT2D eigenvalue weighted by Gasteiger charge is -2.31. The molecule has 1 fully saturated rings. The van der Waals surface area contributed by atoms with E-state index in [0.717, 1.165) is 17.5 Å². The third kappa shape index (κ3) is 5.49. The van der Waals surface area contributed by atoms with Gasteiger partial charge in [-0.3, -0.25) is 4.79 Å². The van der Waals surface area contributed by atoms with Crippen molar-refractivity contribution in [1.82, 2.24) is 9.62 Å². The number of carbonyl (C=O) groups is 1. The highest BCUT2D eigenvalue weighted by Gasteiger charge is 2.32. The van der Waals surface area contributed by atoms with Gasteiger partial charge in [0.05, 0.1) is 4.90 Å². The summed E-state index contributed by atoms with van der Waals surface area (Å²) in [6, 6.07) is 7.39. The van der Waals surface area contributed by atoms with Crippen LogP contribution in [0.5, 0.6) is 0 Å². The molecular formula is C22H30N2O4S2. The van der Waals surface area contributed by atoms with E-state index in [0.29, 0.717) is 37.4 Å². The molecule has 1 aliphatic heterocycles. The molecular weight excluding hydrogens is 420 g/mol. The van der Waals surface area contributed by atoms with E-state index < -0.39 is 10.0 Å². The summed E-state index contributed by atoms with van der Waals surface area (Å²) < 4.78 is 27.5. The zero-order valence-electron chi connectivity index (χ0n) is 17.5. The largest absolute Gasteiger partial charge is 0.396 e. The zero-order valence-corrected chi connectivity index (χ0v) is 19.1. The first kappa shape index (κ1) is 22.9. The Morgan fingerprint density at radius 1 is 1.27 bits per heavy atom. The number of nitrogens with one attached hydrogen (secondary N) is 1. The molecule has 0 spiro atoms. The normalized spacial score (nSPS) is 17.0. The van der Waals surface area contributed by atoms with Crippen LogP contribution in [-0.4, -0.2) is 50.0 Å². The molecule has 1 unspecified atom stereocenters. The third-order valence-electron chi connectivity index (χ3n) is 5.70. The fraction of sp³-hybridized carbons (Fsp3) is 0.500. The van der Waals surface area contributed by atoms with Crippen LogP contribution < -0.4 is 5.32 Å². The average Bonchev–Trinajstić information content (AvgIpc) is 3.23. The topological polar surface area (TPSA) is 86.7 Å². The first-order valence-corrected chi connectivity index (χ1v) is 12.7. The molecule has 2 aromatic rings. The number of amides is 1. The number of aliphatic hydroxyl groups is 1. The minimum absolute atomic E-state index is 0.0166. The summed E-state index contributed by atoms with van der Waals surface area (Å²) in [7, 11) is -3.55. The predicted molar refractivity (Wildman–Crippen MR) is 119 cm³/mol. The highest BCUT2D eigenvalue weighted by molar-refractivity contribution is 7.89. The van der Waals surface area contributed by atoms with Crippen LogP contribution in [-0.2, 0) is 21.2 Å². The second-order valence-electron chi connectivity index (χ2n) is 8.08. The van der Waals surface area contributed by atoms with Gasteiger partial charge in [-0.2, -0.15) is 15.6 Å². The Labute approximate surface area is 183 Å². The third-order valence-corrected chi connectivity index (χ3v) is 8.49. The molecule has 6 nitrogen and oxygen atoms in total. The number of rotatable bonds is 8. The van der Waals surface area contributed by atoms with Crippen molar-refractivity contribution in [1.29, 1.82) is 0 Å². The standard InChI is InChI=1S/C22H30N2O4S2/c1-16-3-4-21(17(2)11-16)30(27,28)24-8-5-20(6-9-24)22(26)23-13-19(14-25)12-18-7-10-29-15-18/h3-4,7,10-11,15,19-20,25H,5-6,8-9,12-14H2,1-2H3,(H,23,26). The minimum Gasteiger partial charge on any atom is -0.396 e. The van der Waals surface area contributed by atoms with Crippen LogP contribution in [0.4, 0.5) is 0 Å². The number of piperidine rings is 1. The van der Waals surface area contributed by atoms with Gasteiger partial charge in [0, 0.05) is 38.1 Å². The number of hydrogen-bond acceptors (Lipinski definition) is 5. The number of thiophene rings is 1. The lowest BCUT2D eigenvalue weighted by Crippen LogP contribution is -2.44. The van der Waals surface area contributed by atoms with Gasteiger partial charge in [0.1, 0.15) is 0 Å². The molecule has 1 atom stereocenters. The van der Waals surface area contributed by atoms with Gasteiger partial charge in [0.15, 0.2) is 0 Å². The molecule has 1 amide bonds. The monoisotopic (exact) mass is 450 g/mol. The van der Waals surface area contributed by atoms with Crippen molar-refractivity contribution < 1.29 is 18.3 Å². The van der Waals surface area contributed by atoms with E-state index in [9.17, 15) is 18.3 Å². The van der Waals surface area contributed by atoms with E-state index in [1.165, 1.54) is 9.87 Å². The first-order valence-electron chi connectivity index (χ1n) is 10.3. The maximum atomic E-state index is 13.0. The highest BCUT2D eigenvalue weighted by Crippen LogP contribution is 2.26. The molecule has 8 heteroatoms. The number of aryl methyl sites for hydroxylation is 2. The summed E-state index contributed by atoms with van der Waals surface area (Å²) in [6.45, 7) is 4.87. The Kier molecular flexibility index (Phi) is 7.68. The molecule has 2 heterocycles. The Bertz CT molecular complexity index is 950. The van der Waals surface area contributed by atoms with Gasteiger partial charge in [0.25, 0.3) is 0 Å². The van der Waals surface area contributed by atoms with E-state index in [-0.39, 0.29) is 24.3 Å². The molecule has 0 aliphatic carbocycles. The van der Waals surface area contributed by atoms with Crippen LogP contribution in [0.3, 0.4) is 0 Å². The molecule has 3 rings (SSSR count). The molecule has 1 aromatic heterocycles. The maximum Gasteiger partial charge on any atom is 0.243 e. The van der Waals surface area contributed by atoms with Crippen molar-refractivity contribution in [2.24, 2.45) is 11.8 Å². The Morgan fingerprint density at radius 3 is 2.60 bits per heavy atom. The Balaban J connectivity index is 1.52. The summed E-state index contributed by atoms with van der Waals surface area (Å²) >= 11 is 1.62. The van der Waals surface area contributed by atoms with Gasteiger partial charge in [-0.25, -0.2) is 8.42 Å². The smallest absolute Gasteiger partial charge is 0.243 e. The van der Waals surface area contributed by atoms with Crippen molar-refractivity contribution in [2.75, 3.05) is 26.2 Å². The number of sulfonamides is 1. The van der Waals surface area contributed by atoms with Crippen LogP contribution >= 0.6 is 11.3 Å². The van der Waals surface area contributed by atoms with Gasteiger partial charge in [-0.15, -0.1) is 0 Å². The molecule has 0 radical (unpaired) electrons. The summed E-state index contributed by atoms with van der Waals surface area (Å²) in [6.07, 6.45) is 1.74. The van der Waals surface area contributed by atoms with Gasteiger partial charge < -0.3 is 10.4 Å². The molecule has 2 N–H and O–H groups in total. The fourth-order valence-corrected chi connectivity index (χ4v) is 6.28. The summed E-state index contributed by atoms with van der Waals surface area (Å²) in [5.41, 5.74) is 2.94. The average molecular weight is 451 g/mol. The number of benzene rings is 1. The quantitative estimate of drug-likeness (QED) is 0.647. The molecule has 0 saturated carbocycles. The number of nitrogens with zero attached hydrogens (tertiary/aromatic N) is 1. The Hall–Kier alpha value is -1.74. The zero-order chi connectivity index (χ0) is 21.7. The summed E-state index contributed by atoms with van der Waals surface area (Å²) in [5, 5.41) is 16.6. The van der Waals surface area contributed by atoms with E-state index in [1.54, 1.807) is 17.4 Å². The van der Waals surface area contributed by atoms with E-state index in [4.69, 9.17) is 0 Å². The lowest BCUT2D eigenvalue weighted by atomic mass is 9.96. The van der Waals surface area contributed by atoms with E-state index in [1.807, 2.05) is 37.4 Å². The van der Waals surface area contributed by atoms with Crippen LogP contribution in [0, 0.1) is 25.7 Å². The SMILES string of the molecule is Cc1ccc(S(=O)(=O)N2CCC(C(=O)NCC(CO)Cc3ccsc3)CC2)c(C)c1. The van der Waals surface area contributed by atoms with Gasteiger partial charge in [-0.05, 0) is 67.1 Å². The summed E-state index contributed by atoms with van der Waals surface area (Å²) in [4.78, 5) is 12.9. The minimum atomic E-state index is -3.55. The van der Waals surface area contributed by atoms with Crippen molar-refractivity contribution >= 4 is 27.3 Å². The van der Waals surface area contributed by atoms with E-state index >= 15 is 0 Å². The fourth-order valence-electron chi connectivity index (χ4n) is 3.92. The van der Waals surface area contributed by atoms with Crippen molar-refractivity contribution in [3.05, 3.63) is 51.7 Å². The van der Waals surface area contributed by atoms with Gasteiger partial charge in [0.2, 0.25) is 15.9 Å². The molecule has 164 valence electrons. The van der Waals surface area contributed by atoms with Crippen LogP contribution in [0.2, 0.25) is 0 Å². The Morgan fingerprint density at radius 2 is 2.00 bits per heavy atom. The van der Waals surface area contributed by atoms with Crippen molar-refractivity contribution in [2.45, 2.75) is 38.0 Å². The lowest BCUT2D eigenvalue weighted by molar-refractivity contribution is -0.126. The molecule has 1 aromatic carbocycles. The molecule has 0 bridgehead atoms. The second kappa shape index (κ2) is 10.0. The van der Waals surface area contributed by atoms with Gasteiger partial charge in [-0.1, -0.05) is 17.7 Å². The maximum absolute atomic E-state index is 13.0. The van der Waals surface area contributed by atoms with Crippen LogP contribution in [0.1, 0.15) is 29.5 Å². The van der Waals surface area contributed by atoms with Crippen LogP contribution in [0.15, 0.2) is 39.9 Å². The second-order valence-corrected chi connectivity index (χ2v) is 10.8. The molecule has 1 aliphatic rings. The van der Waals surface area contributed by atoms with Gasteiger partial charge >= 0.3 is 0 Å². The van der Waals surface area contributed by atoms with Crippen LogP contribution in [0.25, 0.3) is 0 Å². The number of carbonyl (C=O) groups excluding carboxylic acids is 1. The molecule has 30 heavy (non-hydrogen) atoms. The molecule has 1 saturated heterocycles. The van der Waals surface area contributed by atoms with E-state index in [2.05, 4.69) is 10.7 Å². The highest BCUT2D eigenvalue weighted by atomic mass is 32.2. The van der Waals surface area contributed by atoms with Crippen molar-refractivity contribution in [3.63, 3.8) is 0 Å².